The van der Waals surface area contributed by atoms with Crippen LogP contribution in [0.25, 0.3) is 0 Å². The molecule has 8 nitrogen and oxygen atoms in total. The second-order valence-corrected chi connectivity index (χ2v) is 7.46. The Morgan fingerprint density at radius 2 is 1.00 bits per heavy atom. The van der Waals surface area contributed by atoms with Crippen LogP contribution in [0.4, 0.5) is 0 Å². The van der Waals surface area contributed by atoms with Gasteiger partial charge in [0.15, 0.2) is 13.2 Å². The van der Waals surface area contributed by atoms with Crippen LogP contribution in [0.1, 0.15) is 22.3 Å². The second-order valence-electron chi connectivity index (χ2n) is 7.46. The third kappa shape index (κ3) is 8.58. The van der Waals surface area contributed by atoms with E-state index in [2.05, 4.69) is 21.1 Å². The average molecular weight is 459 g/mol. The minimum absolute atomic E-state index is 0.188. The fourth-order valence-electron chi connectivity index (χ4n) is 2.66. The molecule has 174 valence electrons. The molecule has 0 aromatic heterocycles. The molecule has 0 atom stereocenters. The number of rotatable bonds is 10. The molecule has 0 saturated carbocycles. The van der Waals surface area contributed by atoms with E-state index >= 15 is 0 Å². The predicted molar refractivity (Wildman–Crippen MR) is 131 cm³/mol. The molecule has 0 aliphatic rings. The van der Waals surface area contributed by atoms with Gasteiger partial charge in [-0.1, -0.05) is 59.7 Å². The lowest BCUT2D eigenvalue weighted by atomic mass is 10.2. The van der Waals surface area contributed by atoms with E-state index < -0.39 is 0 Å². The van der Waals surface area contributed by atoms with Crippen molar-refractivity contribution >= 4 is 24.2 Å². The van der Waals surface area contributed by atoms with Crippen LogP contribution < -0.4 is 20.3 Å². The maximum atomic E-state index is 11.9. The van der Waals surface area contributed by atoms with Crippen molar-refractivity contribution in [2.45, 2.75) is 13.8 Å². The van der Waals surface area contributed by atoms with Gasteiger partial charge in [-0.3, -0.25) is 9.59 Å². The number of nitrogens with one attached hydrogen (secondary N) is 2. The van der Waals surface area contributed by atoms with Crippen LogP contribution in [0.15, 0.2) is 83.0 Å². The lowest BCUT2D eigenvalue weighted by molar-refractivity contribution is -0.123. The summed E-state index contributed by atoms with van der Waals surface area (Å²) < 4.78 is 10.9. The van der Waals surface area contributed by atoms with E-state index in [1.165, 1.54) is 0 Å². The molecule has 2 N–H and O–H groups in total. The lowest BCUT2D eigenvalue weighted by Gasteiger charge is -2.07. The molecule has 0 bridgehead atoms. The first-order valence-corrected chi connectivity index (χ1v) is 10.6. The first-order valence-electron chi connectivity index (χ1n) is 10.6. The zero-order chi connectivity index (χ0) is 24.2. The Labute approximate surface area is 198 Å². The molecule has 0 heterocycles. The zero-order valence-corrected chi connectivity index (χ0v) is 19.0. The molecule has 0 aliphatic carbocycles. The fourth-order valence-corrected chi connectivity index (χ4v) is 2.66. The van der Waals surface area contributed by atoms with Gasteiger partial charge in [-0.2, -0.15) is 10.2 Å². The van der Waals surface area contributed by atoms with Gasteiger partial charge in [-0.05, 0) is 49.2 Å². The van der Waals surface area contributed by atoms with Crippen molar-refractivity contribution in [2.24, 2.45) is 10.2 Å². The van der Waals surface area contributed by atoms with Crippen LogP contribution in [0.5, 0.6) is 11.5 Å². The van der Waals surface area contributed by atoms with E-state index in [-0.39, 0.29) is 25.0 Å². The monoisotopic (exact) mass is 458 g/mol. The molecule has 34 heavy (non-hydrogen) atoms. The van der Waals surface area contributed by atoms with E-state index in [0.29, 0.717) is 11.5 Å². The standard InChI is InChI=1S/C26H26N4O4/c1-19-3-7-21(8-4-19)15-27-29-25(31)17-33-23-11-13-24(14-12-23)34-18-26(32)30-28-16-22-9-5-20(2)6-10-22/h3-16H,17-18H2,1-2H3,(H,29,31)(H,30,32). The molecule has 2 amide bonds. The van der Waals surface area contributed by atoms with E-state index in [1.807, 2.05) is 62.4 Å². The second kappa shape index (κ2) is 12.5. The van der Waals surface area contributed by atoms with Gasteiger partial charge in [-0.25, -0.2) is 10.9 Å². The number of aryl methyl sites for hydroxylation is 2. The highest BCUT2D eigenvalue weighted by atomic mass is 16.5. The number of nitrogens with zero attached hydrogens (tertiary/aromatic N) is 2. The molecule has 8 heteroatoms. The van der Waals surface area contributed by atoms with Crippen LogP contribution in [-0.4, -0.2) is 37.5 Å². The largest absolute Gasteiger partial charge is 0.484 e. The highest BCUT2D eigenvalue weighted by Gasteiger charge is 2.04. The zero-order valence-electron chi connectivity index (χ0n) is 19.0. The van der Waals surface area contributed by atoms with Gasteiger partial charge < -0.3 is 9.47 Å². The summed E-state index contributed by atoms with van der Waals surface area (Å²) in [4.78, 5) is 23.7. The number of benzene rings is 3. The third-order valence-electron chi connectivity index (χ3n) is 4.52. The smallest absolute Gasteiger partial charge is 0.277 e. The summed E-state index contributed by atoms with van der Waals surface area (Å²) in [5.41, 5.74) is 8.90. The number of hydrazone groups is 2. The van der Waals surface area contributed by atoms with E-state index in [1.54, 1.807) is 36.7 Å². The number of carbonyl (C=O) groups is 2. The van der Waals surface area contributed by atoms with Gasteiger partial charge in [0, 0.05) is 0 Å². The topological polar surface area (TPSA) is 101 Å². The maximum Gasteiger partial charge on any atom is 0.277 e. The molecular weight excluding hydrogens is 432 g/mol. The number of ether oxygens (including phenoxy) is 2. The van der Waals surface area contributed by atoms with Crippen molar-refractivity contribution in [1.82, 2.24) is 10.9 Å². The summed E-state index contributed by atoms with van der Waals surface area (Å²) in [7, 11) is 0. The van der Waals surface area contributed by atoms with E-state index in [9.17, 15) is 9.59 Å². The highest BCUT2D eigenvalue weighted by molar-refractivity contribution is 5.83. The Morgan fingerprint density at radius 3 is 1.35 bits per heavy atom. The Balaban J connectivity index is 1.34. The van der Waals surface area contributed by atoms with Crippen molar-refractivity contribution in [3.8, 4) is 11.5 Å². The summed E-state index contributed by atoms with van der Waals surface area (Å²) in [6.45, 7) is 3.62. The molecule has 0 spiro atoms. The van der Waals surface area contributed by atoms with Gasteiger partial charge in [0.25, 0.3) is 11.8 Å². The molecule has 0 fully saturated rings. The Hall–Kier alpha value is -4.46. The predicted octanol–water partition coefficient (Wildman–Crippen LogP) is 3.36. The van der Waals surface area contributed by atoms with Crippen molar-refractivity contribution in [3.05, 3.63) is 95.1 Å². The summed E-state index contributed by atoms with van der Waals surface area (Å²) in [6.07, 6.45) is 3.13. The summed E-state index contributed by atoms with van der Waals surface area (Å²) in [6, 6.07) is 22.1. The first kappa shape index (κ1) is 24.2. The normalized spacial score (nSPS) is 10.9. The minimum atomic E-state index is -0.383. The SMILES string of the molecule is Cc1ccc(C=NNC(=O)COc2ccc(OCC(=O)NN=Cc3ccc(C)cc3)cc2)cc1. The fraction of sp³-hybridized carbons (Fsp3) is 0.154. The molecule has 3 aromatic carbocycles. The van der Waals surface area contributed by atoms with Crippen molar-refractivity contribution in [1.29, 1.82) is 0 Å². The van der Waals surface area contributed by atoms with Crippen molar-refractivity contribution in [3.63, 3.8) is 0 Å². The van der Waals surface area contributed by atoms with Crippen LogP contribution in [0, 0.1) is 13.8 Å². The van der Waals surface area contributed by atoms with Gasteiger partial charge in [0.1, 0.15) is 11.5 Å². The minimum Gasteiger partial charge on any atom is -0.484 e. The molecule has 0 aliphatic heterocycles. The molecule has 0 radical (unpaired) electrons. The van der Waals surface area contributed by atoms with Gasteiger partial charge in [-0.15, -0.1) is 0 Å². The summed E-state index contributed by atoms with van der Waals surface area (Å²) in [5.74, 6) is 0.201. The number of amides is 2. The van der Waals surface area contributed by atoms with Crippen LogP contribution >= 0.6 is 0 Å². The molecule has 3 aromatic rings. The van der Waals surface area contributed by atoms with Gasteiger partial charge in [0.2, 0.25) is 0 Å². The van der Waals surface area contributed by atoms with Gasteiger partial charge >= 0.3 is 0 Å². The molecule has 3 rings (SSSR count). The Bertz CT molecular complexity index is 1050. The number of hydrogen-bond donors (Lipinski definition) is 2. The first-order chi connectivity index (χ1) is 16.5. The molecular formula is C26H26N4O4. The van der Waals surface area contributed by atoms with Crippen LogP contribution in [0.2, 0.25) is 0 Å². The third-order valence-corrected chi connectivity index (χ3v) is 4.52. The van der Waals surface area contributed by atoms with Crippen molar-refractivity contribution < 1.29 is 19.1 Å². The lowest BCUT2D eigenvalue weighted by Crippen LogP contribution is -2.25. The van der Waals surface area contributed by atoms with Crippen LogP contribution in [-0.2, 0) is 9.59 Å². The molecule has 0 unspecified atom stereocenters. The van der Waals surface area contributed by atoms with Crippen LogP contribution in [0.3, 0.4) is 0 Å². The molecule has 0 saturated heterocycles. The average Bonchev–Trinajstić information content (AvgIpc) is 2.84. The van der Waals surface area contributed by atoms with E-state index in [0.717, 1.165) is 22.3 Å². The Kier molecular flexibility index (Phi) is 8.92. The summed E-state index contributed by atoms with van der Waals surface area (Å²) >= 11 is 0. The summed E-state index contributed by atoms with van der Waals surface area (Å²) in [5, 5.41) is 7.82. The van der Waals surface area contributed by atoms with E-state index in [4.69, 9.17) is 9.47 Å². The Morgan fingerprint density at radius 1 is 0.647 bits per heavy atom. The highest BCUT2D eigenvalue weighted by Crippen LogP contribution is 2.17. The maximum absolute atomic E-state index is 11.9. The number of hydrogen-bond acceptors (Lipinski definition) is 6. The quantitative estimate of drug-likeness (QED) is 0.359. The number of carbonyl (C=O) groups excluding carboxylic acids is 2. The van der Waals surface area contributed by atoms with Gasteiger partial charge in [0.05, 0.1) is 12.4 Å². The van der Waals surface area contributed by atoms with Crippen molar-refractivity contribution in [2.75, 3.05) is 13.2 Å².